The van der Waals surface area contributed by atoms with Gasteiger partial charge in [-0.1, -0.05) is 12.1 Å². The van der Waals surface area contributed by atoms with Crippen LogP contribution >= 0.6 is 0 Å². The molecule has 2 N–H and O–H groups in total. The van der Waals surface area contributed by atoms with Gasteiger partial charge in [-0.05, 0) is 59.2 Å². The second-order valence-corrected chi connectivity index (χ2v) is 8.19. The van der Waals surface area contributed by atoms with E-state index in [2.05, 4.69) is 5.32 Å². The monoisotopic (exact) mass is 392 g/mol. The highest BCUT2D eigenvalue weighted by Gasteiger charge is 2.56. The van der Waals surface area contributed by atoms with Gasteiger partial charge in [-0.15, -0.1) is 0 Å². The van der Waals surface area contributed by atoms with E-state index in [1.165, 1.54) is 0 Å². The van der Waals surface area contributed by atoms with Crippen molar-refractivity contribution in [2.45, 2.75) is 71.9 Å². The minimum atomic E-state index is -0.822. The van der Waals surface area contributed by atoms with Crippen LogP contribution in [0.4, 0.5) is 9.59 Å². The van der Waals surface area contributed by atoms with Crippen LogP contribution in [-0.2, 0) is 6.54 Å². The Kier molecular flexibility index (Phi) is 6.44. The smallest absolute Gasteiger partial charge is 0.343 e. The molecule has 156 valence electrons. The molecule has 1 aliphatic rings. The molecule has 1 aliphatic heterocycles. The molecule has 1 atom stereocenters. The Hall–Kier alpha value is -2.48. The molecule has 0 aromatic heterocycles. The van der Waals surface area contributed by atoms with E-state index in [1.807, 2.05) is 65.8 Å². The number of nitrogens with zero attached hydrogens (tertiary/aromatic N) is 3. The van der Waals surface area contributed by atoms with Crippen LogP contribution in [0.15, 0.2) is 24.3 Å². The Bertz CT molecular complexity index is 703. The van der Waals surface area contributed by atoms with Gasteiger partial charge in [0, 0.05) is 18.6 Å². The highest BCUT2D eigenvalue weighted by Crippen LogP contribution is 2.37. The summed E-state index contributed by atoms with van der Waals surface area (Å²) in [5, 5.41) is 14.0. The highest BCUT2D eigenvalue weighted by atomic mass is 16.5. The van der Waals surface area contributed by atoms with Crippen molar-refractivity contribution >= 4 is 12.1 Å². The summed E-state index contributed by atoms with van der Waals surface area (Å²) >= 11 is 0. The molecule has 0 radical (unpaired) electrons. The SMILES string of the molecule is COc1ccc(CN2C(=O)N(C(C)C)[C@@H](N(O)C(=O)NC(C)C)C2(C)C)cc1. The van der Waals surface area contributed by atoms with Crippen molar-refractivity contribution in [3.63, 3.8) is 0 Å². The van der Waals surface area contributed by atoms with Crippen molar-refractivity contribution in [1.29, 1.82) is 0 Å². The van der Waals surface area contributed by atoms with Crippen LogP contribution in [0.25, 0.3) is 0 Å². The molecule has 4 amide bonds. The van der Waals surface area contributed by atoms with Crippen molar-refractivity contribution in [1.82, 2.24) is 20.2 Å². The van der Waals surface area contributed by atoms with Gasteiger partial charge in [0.25, 0.3) is 0 Å². The Labute approximate surface area is 167 Å². The lowest BCUT2D eigenvalue weighted by Crippen LogP contribution is -2.60. The molecular formula is C20H32N4O4. The van der Waals surface area contributed by atoms with Crippen LogP contribution in [-0.4, -0.2) is 63.0 Å². The van der Waals surface area contributed by atoms with Crippen molar-refractivity contribution < 1.29 is 19.5 Å². The normalized spacial score (nSPS) is 18.8. The summed E-state index contributed by atoms with van der Waals surface area (Å²) in [6, 6.07) is 6.30. The fraction of sp³-hybridized carbons (Fsp3) is 0.600. The van der Waals surface area contributed by atoms with E-state index >= 15 is 0 Å². The highest BCUT2D eigenvalue weighted by molar-refractivity contribution is 5.81. The number of nitrogens with one attached hydrogen (secondary N) is 1. The number of hydrogen-bond acceptors (Lipinski definition) is 4. The number of hydroxylamine groups is 2. The van der Waals surface area contributed by atoms with Crippen molar-refractivity contribution in [3.8, 4) is 5.75 Å². The molecule has 1 heterocycles. The fourth-order valence-electron chi connectivity index (χ4n) is 3.50. The third-order valence-corrected chi connectivity index (χ3v) is 4.95. The average Bonchev–Trinajstić information content (AvgIpc) is 2.81. The summed E-state index contributed by atoms with van der Waals surface area (Å²) in [6.45, 7) is 11.4. The molecule has 28 heavy (non-hydrogen) atoms. The van der Waals surface area contributed by atoms with Crippen LogP contribution in [0.5, 0.6) is 5.75 Å². The van der Waals surface area contributed by atoms with Crippen molar-refractivity contribution in [2.24, 2.45) is 0 Å². The molecule has 0 spiro atoms. The predicted octanol–water partition coefficient (Wildman–Crippen LogP) is 3.26. The topological polar surface area (TPSA) is 85.3 Å². The maximum absolute atomic E-state index is 13.2. The van der Waals surface area contributed by atoms with Gasteiger partial charge in [0.2, 0.25) is 0 Å². The molecule has 8 heteroatoms. The van der Waals surface area contributed by atoms with Gasteiger partial charge in [-0.2, -0.15) is 5.06 Å². The summed E-state index contributed by atoms with van der Waals surface area (Å²) in [4.78, 5) is 28.9. The van der Waals surface area contributed by atoms with E-state index in [0.29, 0.717) is 11.6 Å². The van der Waals surface area contributed by atoms with Crippen molar-refractivity contribution in [2.75, 3.05) is 7.11 Å². The third-order valence-electron chi connectivity index (χ3n) is 4.95. The quantitative estimate of drug-likeness (QED) is 0.575. The molecule has 0 unspecified atom stereocenters. The van der Waals surface area contributed by atoms with Crippen LogP contribution < -0.4 is 10.1 Å². The van der Waals surface area contributed by atoms with E-state index < -0.39 is 17.7 Å². The van der Waals surface area contributed by atoms with Crippen LogP contribution in [0, 0.1) is 0 Å². The first-order chi connectivity index (χ1) is 13.0. The number of benzene rings is 1. The summed E-state index contributed by atoms with van der Waals surface area (Å²) in [7, 11) is 1.60. The van der Waals surface area contributed by atoms with E-state index in [1.54, 1.807) is 16.9 Å². The summed E-state index contributed by atoms with van der Waals surface area (Å²) in [5.41, 5.74) is 0.118. The van der Waals surface area contributed by atoms with Crippen LogP contribution in [0.3, 0.4) is 0 Å². The Morgan fingerprint density at radius 1 is 1.25 bits per heavy atom. The van der Waals surface area contributed by atoms with Gasteiger partial charge in [0.05, 0.1) is 12.6 Å². The first-order valence-electron chi connectivity index (χ1n) is 9.52. The lowest BCUT2D eigenvalue weighted by atomic mass is 9.99. The number of ether oxygens (including phenoxy) is 1. The number of carbonyl (C=O) groups excluding carboxylic acids is 2. The Morgan fingerprint density at radius 2 is 1.82 bits per heavy atom. The Morgan fingerprint density at radius 3 is 2.29 bits per heavy atom. The van der Waals surface area contributed by atoms with Gasteiger partial charge in [-0.25, -0.2) is 9.59 Å². The largest absolute Gasteiger partial charge is 0.497 e. The number of amides is 4. The van der Waals surface area contributed by atoms with Gasteiger partial charge in [0.1, 0.15) is 5.75 Å². The van der Waals surface area contributed by atoms with Crippen LogP contribution in [0.2, 0.25) is 0 Å². The third kappa shape index (κ3) is 4.16. The first kappa shape index (κ1) is 21.8. The maximum Gasteiger partial charge on any atom is 0.343 e. The first-order valence-corrected chi connectivity index (χ1v) is 9.52. The number of methoxy groups -OCH3 is 1. The minimum absolute atomic E-state index is 0.134. The molecule has 2 rings (SSSR count). The zero-order valence-electron chi connectivity index (χ0n) is 17.8. The summed E-state index contributed by atoms with van der Waals surface area (Å²) in [5.74, 6) is 0.740. The molecule has 0 bridgehead atoms. The summed E-state index contributed by atoms with van der Waals surface area (Å²) in [6.07, 6.45) is -0.822. The molecule has 1 aromatic rings. The molecule has 1 aromatic carbocycles. The van der Waals surface area contributed by atoms with E-state index in [-0.39, 0.29) is 18.1 Å². The predicted molar refractivity (Wildman–Crippen MR) is 106 cm³/mol. The number of carbonyl (C=O) groups is 2. The second-order valence-electron chi connectivity index (χ2n) is 8.19. The van der Waals surface area contributed by atoms with Gasteiger partial charge in [-0.3, -0.25) is 10.1 Å². The molecule has 0 aliphatic carbocycles. The fourth-order valence-corrected chi connectivity index (χ4v) is 3.50. The molecular weight excluding hydrogens is 360 g/mol. The standard InChI is InChI=1S/C20H32N4O4/c1-13(2)21-18(25)24(27)17-20(5,6)22(19(26)23(17)14(3)4)12-15-8-10-16(28-7)11-9-15/h8-11,13-14,17,27H,12H2,1-7H3,(H,21,25)/t17-/m0/s1. The lowest BCUT2D eigenvalue weighted by molar-refractivity contribution is -0.138. The summed E-state index contributed by atoms with van der Waals surface area (Å²) < 4.78 is 5.18. The second kappa shape index (κ2) is 8.26. The zero-order chi connectivity index (χ0) is 21.2. The molecule has 1 saturated heterocycles. The molecule has 8 nitrogen and oxygen atoms in total. The number of urea groups is 2. The number of rotatable bonds is 6. The molecule has 1 fully saturated rings. The molecule has 0 saturated carbocycles. The number of hydrogen-bond donors (Lipinski definition) is 2. The maximum atomic E-state index is 13.2. The van der Waals surface area contributed by atoms with Crippen LogP contribution in [0.1, 0.15) is 47.1 Å². The van der Waals surface area contributed by atoms with Gasteiger partial charge in [0.15, 0.2) is 6.17 Å². The van der Waals surface area contributed by atoms with E-state index in [9.17, 15) is 14.8 Å². The minimum Gasteiger partial charge on any atom is -0.497 e. The zero-order valence-corrected chi connectivity index (χ0v) is 17.8. The van der Waals surface area contributed by atoms with E-state index in [0.717, 1.165) is 11.3 Å². The van der Waals surface area contributed by atoms with Gasteiger partial charge < -0.3 is 15.0 Å². The Balaban J connectivity index is 2.34. The van der Waals surface area contributed by atoms with E-state index in [4.69, 9.17) is 4.74 Å². The average molecular weight is 393 g/mol. The van der Waals surface area contributed by atoms with Crippen molar-refractivity contribution in [3.05, 3.63) is 29.8 Å². The lowest BCUT2D eigenvalue weighted by Gasteiger charge is -2.39. The van der Waals surface area contributed by atoms with Gasteiger partial charge >= 0.3 is 12.1 Å².